The molecule has 1 aliphatic heterocycles. The lowest BCUT2D eigenvalue weighted by Crippen LogP contribution is -2.69. The molecule has 1 aliphatic rings. The second kappa shape index (κ2) is 14.5. The predicted molar refractivity (Wildman–Crippen MR) is 122 cm³/mol. The Morgan fingerprint density at radius 1 is 1.18 bits per heavy atom. The van der Waals surface area contributed by atoms with Crippen LogP contribution >= 0.6 is 12.6 Å². The monoisotopic (exact) mass is 597 g/mol. The third-order valence-corrected chi connectivity index (χ3v) is 7.13. The van der Waals surface area contributed by atoms with Gasteiger partial charge in [0.25, 0.3) is 10.1 Å². The molecule has 0 saturated carbocycles. The van der Waals surface area contributed by atoms with Crippen LogP contribution in [0.25, 0.3) is 0 Å². The summed E-state index contributed by atoms with van der Waals surface area (Å²) in [6.45, 7) is 3.37. The van der Waals surface area contributed by atoms with Crippen molar-refractivity contribution in [3.05, 3.63) is 0 Å². The Morgan fingerprint density at radius 3 is 2.05 bits per heavy atom. The Morgan fingerprint density at radius 2 is 1.68 bits per heavy atom. The van der Waals surface area contributed by atoms with Crippen molar-refractivity contribution in [3.8, 4) is 0 Å². The van der Waals surface area contributed by atoms with E-state index < -0.39 is 87.0 Å². The summed E-state index contributed by atoms with van der Waals surface area (Å²) in [5.74, 6) is -9.45. The molecule has 0 aliphatic carbocycles. The molecule has 0 spiro atoms. The maximum absolute atomic E-state index is 13.1. The first-order chi connectivity index (χ1) is 17.1. The molecular weight excluding hydrogens is 567 g/mol. The highest BCUT2D eigenvalue weighted by atomic mass is 32.2. The number of alkyl halides is 3. The summed E-state index contributed by atoms with van der Waals surface area (Å²) in [7, 11) is -4.24. The molecule has 0 aromatic carbocycles. The highest BCUT2D eigenvalue weighted by molar-refractivity contribution is 7.85. The summed E-state index contributed by atoms with van der Waals surface area (Å²) >= 11 is 4.14. The Labute approximate surface area is 220 Å². The van der Waals surface area contributed by atoms with Crippen molar-refractivity contribution in [2.75, 3.05) is 12.3 Å². The number of nitrogens with zero attached hydrogens (tertiary/aromatic N) is 1. The quantitative estimate of drug-likeness (QED) is 0.106. The molecule has 1 rings (SSSR count). The van der Waals surface area contributed by atoms with Gasteiger partial charge in [0.15, 0.2) is 0 Å². The Balaban J connectivity index is 0.00000171. The summed E-state index contributed by atoms with van der Waals surface area (Å²) in [6, 6.07) is -3.47. The van der Waals surface area contributed by atoms with Crippen LogP contribution in [0.5, 0.6) is 0 Å². The van der Waals surface area contributed by atoms with E-state index in [1.165, 1.54) is 0 Å². The zero-order valence-electron chi connectivity index (χ0n) is 20.3. The van der Waals surface area contributed by atoms with Crippen LogP contribution < -0.4 is 16.2 Å². The lowest BCUT2D eigenvalue weighted by atomic mass is 9.96. The van der Waals surface area contributed by atoms with Gasteiger partial charge in [0.2, 0.25) is 11.8 Å². The fraction of sp³-hybridized carbons (Fsp3) is 0.737. The van der Waals surface area contributed by atoms with E-state index in [4.69, 9.17) is 14.5 Å². The predicted octanol–water partition coefficient (Wildman–Crippen LogP) is -2.61. The van der Waals surface area contributed by atoms with Gasteiger partial charge in [-0.25, -0.2) is 4.79 Å². The fourth-order valence-electron chi connectivity index (χ4n) is 3.38. The molecule has 0 unspecified atom stereocenters. The minimum Gasteiger partial charge on any atom is -0.542 e. The number of carboxylic acids is 3. The molecule has 0 aromatic rings. The normalized spacial score (nSPS) is 20.8. The number of amides is 2. The Bertz CT molecular complexity index is 994. The largest absolute Gasteiger partial charge is 0.542 e. The number of thiol groups is 1. The summed E-state index contributed by atoms with van der Waals surface area (Å²) < 4.78 is 62.2. The third kappa shape index (κ3) is 11.0. The number of carboxylic acid groups (broad SMARTS) is 3. The third-order valence-electron chi connectivity index (χ3n) is 5.72. The van der Waals surface area contributed by atoms with Gasteiger partial charge < -0.3 is 36.1 Å². The smallest absolute Gasteiger partial charge is 0.430 e. The molecule has 1 fully saturated rings. The van der Waals surface area contributed by atoms with Crippen LogP contribution in [0.3, 0.4) is 0 Å². The van der Waals surface area contributed by atoms with Crippen molar-refractivity contribution in [2.45, 2.75) is 62.7 Å². The molecule has 6 atom stereocenters. The van der Waals surface area contributed by atoms with Crippen LogP contribution in [0.4, 0.5) is 13.2 Å². The van der Waals surface area contributed by atoms with Crippen molar-refractivity contribution >= 4 is 52.5 Å². The van der Waals surface area contributed by atoms with E-state index in [2.05, 4.69) is 23.7 Å². The molecule has 19 heteroatoms. The maximum Gasteiger partial charge on any atom is 0.430 e. The summed E-state index contributed by atoms with van der Waals surface area (Å²) in [6.07, 6.45) is -4.90. The van der Waals surface area contributed by atoms with Crippen molar-refractivity contribution in [1.82, 2.24) is 10.2 Å². The molecule has 2 amide bonds. The SMILES string of the molecule is CC[C@H](C)[C@H](NC(=O)[C@@H](S)[C@H]([NH3+])CCS(=O)(=O)O)C(=O)N1CC[C@@H](C(=O)O)[C@H]1C(=O)O.O=C([O-])C(F)(F)F. The standard InChI is InChI=1S/C17H29N3O9S2.C2HF3O2/c1-3-8(2)11(19-14(21)13(30)10(18)5-7-31(27,28)29)15(22)20-6-4-9(16(23)24)12(20)17(25)26;3-2(4,5)1(6)7/h8-13,30H,3-7,18H2,1-2H3,(H,19,21)(H,23,24)(H,25,26)(H,27,28,29);(H,6,7)/t8-,9+,10+,11-,12-,13-;/m0./s1. The molecule has 1 saturated heterocycles. The van der Waals surface area contributed by atoms with Crippen LogP contribution in [0.2, 0.25) is 0 Å². The number of quaternary nitrogens is 1. The Kier molecular flexibility index (Phi) is 13.5. The van der Waals surface area contributed by atoms with E-state index in [1.807, 2.05) is 0 Å². The molecule has 0 aromatic heterocycles. The summed E-state index contributed by atoms with van der Waals surface area (Å²) in [5.41, 5.74) is 3.67. The number of carbonyl (C=O) groups excluding carboxylic acids is 3. The lowest BCUT2D eigenvalue weighted by Gasteiger charge is -2.31. The van der Waals surface area contributed by atoms with Gasteiger partial charge in [0, 0.05) is 13.0 Å². The van der Waals surface area contributed by atoms with Crippen molar-refractivity contribution < 1.29 is 71.2 Å². The molecule has 1 heterocycles. The number of hydrogen-bond acceptors (Lipinski definition) is 9. The number of carbonyl (C=O) groups is 5. The first-order valence-corrected chi connectivity index (χ1v) is 13.1. The zero-order chi connectivity index (χ0) is 30.2. The average Bonchev–Trinajstić information content (AvgIpc) is 3.24. The van der Waals surface area contributed by atoms with E-state index in [0.717, 1.165) is 4.90 Å². The van der Waals surface area contributed by atoms with Gasteiger partial charge in [0.1, 0.15) is 29.3 Å². The van der Waals surface area contributed by atoms with E-state index >= 15 is 0 Å². The van der Waals surface area contributed by atoms with Crippen LogP contribution in [0.15, 0.2) is 0 Å². The highest BCUT2D eigenvalue weighted by Gasteiger charge is 2.48. The molecule has 220 valence electrons. The van der Waals surface area contributed by atoms with Crippen LogP contribution in [-0.2, 0) is 34.1 Å². The van der Waals surface area contributed by atoms with Crippen molar-refractivity contribution in [1.29, 1.82) is 0 Å². The van der Waals surface area contributed by atoms with Gasteiger partial charge in [-0.2, -0.15) is 34.2 Å². The van der Waals surface area contributed by atoms with E-state index in [-0.39, 0.29) is 19.4 Å². The second-order valence-electron chi connectivity index (χ2n) is 8.48. The van der Waals surface area contributed by atoms with Gasteiger partial charge in [-0.15, -0.1) is 0 Å². The molecule has 7 N–H and O–H groups in total. The van der Waals surface area contributed by atoms with Crippen molar-refractivity contribution in [2.24, 2.45) is 11.8 Å². The van der Waals surface area contributed by atoms with Gasteiger partial charge in [-0.1, -0.05) is 20.3 Å². The number of aliphatic carboxylic acids is 3. The van der Waals surface area contributed by atoms with Crippen molar-refractivity contribution in [3.63, 3.8) is 0 Å². The maximum atomic E-state index is 13.1. The topological polar surface area (TPSA) is 246 Å². The minimum atomic E-state index is -5.19. The second-order valence-corrected chi connectivity index (χ2v) is 10.6. The van der Waals surface area contributed by atoms with Gasteiger partial charge in [0.05, 0.1) is 11.7 Å². The van der Waals surface area contributed by atoms with E-state index in [1.54, 1.807) is 13.8 Å². The fourth-order valence-corrected chi connectivity index (χ4v) is 4.20. The lowest BCUT2D eigenvalue weighted by molar-refractivity contribution is -0.416. The first-order valence-electron chi connectivity index (χ1n) is 11.0. The summed E-state index contributed by atoms with van der Waals surface area (Å²) in [5, 5.41) is 28.9. The number of likely N-dealkylation sites (tertiary alicyclic amines) is 1. The molecule has 0 radical (unpaired) electrons. The first kappa shape index (κ1) is 35.4. The number of halogens is 3. The summed E-state index contributed by atoms with van der Waals surface area (Å²) in [4.78, 5) is 58.5. The van der Waals surface area contributed by atoms with Gasteiger partial charge >= 0.3 is 18.1 Å². The minimum absolute atomic E-state index is 0.0228. The molecule has 14 nitrogen and oxygen atoms in total. The Hall–Kier alpha value is -2.64. The van der Waals surface area contributed by atoms with Gasteiger partial charge in [-0.05, 0) is 12.3 Å². The number of nitrogens with one attached hydrogen (secondary N) is 1. The highest BCUT2D eigenvalue weighted by Crippen LogP contribution is 2.27. The van der Waals surface area contributed by atoms with E-state index in [0.29, 0.717) is 6.42 Å². The molecule has 0 bridgehead atoms. The van der Waals surface area contributed by atoms with Crippen LogP contribution in [0.1, 0.15) is 33.1 Å². The van der Waals surface area contributed by atoms with Crippen LogP contribution in [-0.4, -0.2) is 99.7 Å². The van der Waals surface area contributed by atoms with Crippen LogP contribution in [0, 0.1) is 11.8 Å². The number of hydrogen-bond donors (Lipinski definition) is 6. The zero-order valence-corrected chi connectivity index (χ0v) is 22.0. The number of rotatable bonds is 11. The van der Waals surface area contributed by atoms with E-state index in [9.17, 15) is 51.0 Å². The molecular formula is C19H30F3N3O11S2. The average molecular weight is 598 g/mol. The van der Waals surface area contributed by atoms with Gasteiger partial charge in [-0.3, -0.25) is 18.9 Å². The molecule has 38 heavy (non-hydrogen) atoms.